The molecule has 0 spiro atoms. The van der Waals surface area contributed by atoms with Crippen LogP contribution in [0, 0.1) is 5.92 Å². The number of nitrogens with one attached hydrogen (secondary N) is 1. The molecular weight excluding hydrogens is 319 g/mol. The maximum Gasteiger partial charge on any atom is 0.416 e. The van der Waals surface area contributed by atoms with Crippen LogP contribution in [0.3, 0.4) is 0 Å². The summed E-state index contributed by atoms with van der Waals surface area (Å²) in [6.07, 6.45) is -0.949. The lowest BCUT2D eigenvalue weighted by Crippen LogP contribution is -2.32. The average Bonchev–Trinajstić information content (AvgIpc) is 2.25. The van der Waals surface area contributed by atoms with Crippen LogP contribution in [-0.4, -0.2) is 6.54 Å². The van der Waals surface area contributed by atoms with Crippen molar-refractivity contribution in [3.05, 3.63) is 33.8 Å². The molecule has 1 aromatic rings. The van der Waals surface area contributed by atoms with Gasteiger partial charge in [-0.25, -0.2) is 0 Å². The third kappa shape index (κ3) is 3.31. The molecule has 1 N–H and O–H groups in total. The summed E-state index contributed by atoms with van der Waals surface area (Å²) in [6, 6.07) is 3.91. The van der Waals surface area contributed by atoms with Crippen molar-refractivity contribution in [1.82, 2.24) is 5.32 Å². The largest absolute Gasteiger partial charge is 0.416 e. The summed E-state index contributed by atoms with van der Waals surface area (Å²) in [5.41, 5.74) is 0.148. The van der Waals surface area contributed by atoms with Gasteiger partial charge in [-0.1, -0.05) is 29.3 Å². The standard InChI is InChI=1S/C14H17BrF3N/c1-2-19-13(9-4-3-5-9)11-8-10(14(16,17)18)6-7-12(11)15/h6-9,13,19H,2-5H2,1H3. The molecule has 2 rings (SSSR count). The highest BCUT2D eigenvalue weighted by molar-refractivity contribution is 9.10. The second-order valence-electron chi connectivity index (χ2n) is 4.96. The van der Waals surface area contributed by atoms with E-state index in [-0.39, 0.29) is 6.04 Å². The first kappa shape index (κ1) is 14.9. The normalized spacial score (nSPS) is 18.2. The van der Waals surface area contributed by atoms with Crippen molar-refractivity contribution in [2.24, 2.45) is 5.92 Å². The third-order valence-corrected chi connectivity index (χ3v) is 4.43. The Morgan fingerprint density at radius 3 is 2.53 bits per heavy atom. The highest BCUT2D eigenvalue weighted by atomic mass is 79.9. The molecule has 0 saturated heterocycles. The van der Waals surface area contributed by atoms with Gasteiger partial charge in [0.2, 0.25) is 0 Å². The summed E-state index contributed by atoms with van der Waals surface area (Å²) < 4.78 is 39.2. The van der Waals surface area contributed by atoms with Gasteiger partial charge in [-0.05, 0) is 49.1 Å². The molecule has 106 valence electrons. The van der Waals surface area contributed by atoms with E-state index in [1.807, 2.05) is 6.92 Å². The molecule has 1 aliphatic carbocycles. The van der Waals surface area contributed by atoms with Gasteiger partial charge in [0, 0.05) is 10.5 Å². The zero-order valence-corrected chi connectivity index (χ0v) is 12.3. The van der Waals surface area contributed by atoms with E-state index < -0.39 is 11.7 Å². The predicted octanol–water partition coefficient (Wildman–Crippen LogP) is 4.92. The summed E-state index contributed by atoms with van der Waals surface area (Å²) in [6.45, 7) is 2.73. The molecule has 1 nitrogen and oxygen atoms in total. The highest BCUT2D eigenvalue weighted by Crippen LogP contribution is 2.41. The van der Waals surface area contributed by atoms with Crippen molar-refractivity contribution >= 4 is 15.9 Å². The molecule has 1 atom stereocenters. The van der Waals surface area contributed by atoms with Gasteiger partial charge < -0.3 is 5.32 Å². The van der Waals surface area contributed by atoms with Crippen LogP contribution in [0.2, 0.25) is 0 Å². The first-order chi connectivity index (χ1) is 8.93. The topological polar surface area (TPSA) is 12.0 Å². The van der Waals surface area contributed by atoms with E-state index in [0.29, 0.717) is 5.92 Å². The fourth-order valence-corrected chi connectivity index (χ4v) is 2.98. The Morgan fingerprint density at radius 2 is 2.05 bits per heavy atom. The molecule has 1 fully saturated rings. The van der Waals surface area contributed by atoms with Crippen molar-refractivity contribution in [3.63, 3.8) is 0 Å². The first-order valence-corrected chi connectivity index (χ1v) is 7.32. The molecule has 1 aliphatic rings. The average molecular weight is 336 g/mol. The molecule has 0 aliphatic heterocycles. The van der Waals surface area contributed by atoms with Crippen LogP contribution in [0.25, 0.3) is 0 Å². The summed E-state index contributed by atoms with van der Waals surface area (Å²) >= 11 is 3.38. The number of hydrogen-bond donors (Lipinski definition) is 1. The molecule has 0 amide bonds. The lowest BCUT2D eigenvalue weighted by atomic mass is 9.77. The van der Waals surface area contributed by atoms with Crippen LogP contribution in [-0.2, 0) is 6.18 Å². The van der Waals surface area contributed by atoms with Gasteiger partial charge in [-0.2, -0.15) is 13.2 Å². The molecule has 1 aromatic carbocycles. The molecule has 1 saturated carbocycles. The van der Waals surface area contributed by atoms with Crippen LogP contribution in [0.4, 0.5) is 13.2 Å². The van der Waals surface area contributed by atoms with Gasteiger partial charge >= 0.3 is 6.18 Å². The second-order valence-corrected chi connectivity index (χ2v) is 5.81. The van der Waals surface area contributed by atoms with Crippen molar-refractivity contribution in [1.29, 1.82) is 0 Å². The van der Waals surface area contributed by atoms with Gasteiger partial charge in [0.1, 0.15) is 0 Å². The fraction of sp³-hybridized carbons (Fsp3) is 0.571. The monoisotopic (exact) mass is 335 g/mol. The molecule has 19 heavy (non-hydrogen) atoms. The SMILES string of the molecule is CCNC(c1cc(C(F)(F)F)ccc1Br)C1CCC1. The van der Waals surface area contributed by atoms with Crippen molar-refractivity contribution < 1.29 is 13.2 Å². The van der Waals surface area contributed by atoms with E-state index in [2.05, 4.69) is 21.2 Å². The molecule has 0 aromatic heterocycles. The summed E-state index contributed by atoms with van der Waals surface area (Å²) in [5, 5.41) is 3.32. The molecule has 0 heterocycles. The quantitative estimate of drug-likeness (QED) is 0.823. The summed E-state index contributed by atoms with van der Waals surface area (Å²) in [7, 11) is 0. The fourth-order valence-electron chi connectivity index (χ4n) is 2.48. The molecule has 1 unspecified atom stereocenters. The van der Waals surface area contributed by atoms with E-state index in [0.717, 1.165) is 35.5 Å². The molecule has 5 heteroatoms. The van der Waals surface area contributed by atoms with Gasteiger partial charge in [-0.3, -0.25) is 0 Å². The van der Waals surface area contributed by atoms with Crippen molar-refractivity contribution in [2.75, 3.05) is 6.54 Å². The Hall–Kier alpha value is -0.550. The minimum Gasteiger partial charge on any atom is -0.310 e. The Bertz CT molecular complexity index is 441. The second kappa shape index (κ2) is 5.83. The Labute approximate surface area is 119 Å². The van der Waals surface area contributed by atoms with Crippen molar-refractivity contribution in [2.45, 2.75) is 38.4 Å². The van der Waals surface area contributed by atoms with Gasteiger partial charge in [0.15, 0.2) is 0 Å². The number of benzene rings is 1. The van der Waals surface area contributed by atoms with E-state index in [1.54, 1.807) is 0 Å². The number of halogens is 4. The predicted molar refractivity (Wildman–Crippen MR) is 72.9 cm³/mol. The van der Waals surface area contributed by atoms with Crippen LogP contribution in [0.5, 0.6) is 0 Å². The number of hydrogen-bond acceptors (Lipinski definition) is 1. The lowest BCUT2D eigenvalue weighted by molar-refractivity contribution is -0.137. The zero-order chi connectivity index (χ0) is 14.0. The van der Waals surface area contributed by atoms with Crippen LogP contribution >= 0.6 is 15.9 Å². The van der Waals surface area contributed by atoms with E-state index in [9.17, 15) is 13.2 Å². The highest BCUT2D eigenvalue weighted by Gasteiger charge is 2.34. The Kier molecular flexibility index (Phi) is 4.56. The lowest BCUT2D eigenvalue weighted by Gasteiger charge is -2.35. The maximum atomic E-state index is 12.8. The first-order valence-electron chi connectivity index (χ1n) is 6.53. The van der Waals surface area contributed by atoms with Gasteiger partial charge in [0.05, 0.1) is 5.56 Å². The minimum atomic E-state index is -4.29. The van der Waals surface area contributed by atoms with E-state index >= 15 is 0 Å². The number of rotatable bonds is 4. The Balaban J connectivity index is 2.34. The zero-order valence-electron chi connectivity index (χ0n) is 10.7. The van der Waals surface area contributed by atoms with Crippen molar-refractivity contribution in [3.8, 4) is 0 Å². The molecule has 0 bridgehead atoms. The minimum absolute atomic E-state index is 0.00965. The number of alkyl halides is 3. The summed E-state index contributed by atoms with van der Waals surface area (Å²) in [4.78, 5) is 0. The van der Waals surface area contributed by atoms with Gasteiger partial charge in [-0.15, -0.1) is 0 Å². The van der Waals surface area contributed by atoms with Gasteiger partial charge in [0.25, 0.3) is 0 Å². The van der Waals surface area contributed by atoms with Crippen LogP contribution in [0.1, 0.15) is 43.4 Å². The van der Waals surface area contributed by atoms with E-state index in [4.69, 9.17) is 0 Å². The summed E-state index contributed by atoms with van der Waals surface area (Å²) in [5.74, 6) is 0.444. The molecular formula is C14H17BrF3N. The van der Waals surface area contributed by atoms with E-state index in [1.165, 1.54) is 18.6 Å². The van der Waals surface area contributed by atoms with Crippen LogP contribution < -0.4 is 5.32 Å². The molecule has 0 radical (unpaired) electrons. The smallest absolute Gasteiger partial charge is 0.310 e. The third-order valence-electron chi connectivity index (χ3n) is 3.70. The Morgan fingerprint density at radius 1 is 1.37 bits per heavy atom. The maximum absolute atomic E-state index is 12.8. The van der Waals surface area contributed by atoms with Crippen LogP contribution in [0.15, 0.2) is 22.7 Å².